The fourth-order valence-corrected chi connectivity index (χ4v) is 0.644. The highest BCUT2D eigenvalue weighted by Gasteiger charge is 1.97. The van der Waals surface area contributed by atoms with Gasteiger partial charge in [0.25, 0.3) is 0 Å². The van der Waals surface area contributed by atoms with Crippen LogP contribution < -0.4 is 0 Å². The maximum atomic E-state index is 9.07. The number of aliphatic hydroxyl groups is 2. The molecule has 0 spiro atoms. The SMILES string of the molecule is C=CC(O)=CC(O)CCC. The molecule has 2 N–H and O–H groups in total. The van der Waals surface area contributed by atoms with E-state index in [1.807, 2.05) is 6.92 Å². The second-order valence-electron chi connectivity index (χ2n) is 2.15. The van der Waals surface area contributed by atoms with Gasteiger partial charge in [-0.1, -0.05) is 19.9 Å². The van der Waals surface area contributed by atoms with Gasteiger partial charge in [-0.15, -0.1) is 0 Å². The Morgan fingerprint density at radius 3 is 2.70 bits per heavy atom. The van der Waals surface area contributed by atoms with E-state index in [1.165, 1.54) is 12.2 Å². The molecule has 0 bridgehead atoms. The van der Waals surface area contributed by atoms with Crippen LogP contribution in [0.2, 0.25) is 0 Å². The number of aliphatic hydroxyl groups excluding tert-OH is 2. The number of hydrogen-bond donors (Lipinski definition) is 2. The van der Waals surface area contributed by atoms with Crippen molar-refractivity contribution >= 4 is 0 Å². The van der Waals surface area contributed by atoms with Crippen LogP contribution >= 0.6 is 0 Å². The molecule has 1 atom stereocenters. The fraction of sp³-hybridized carbons (Fsp3) is 0.500. The molecule has 2 heteroatoms. The van der Waals surface area contributed by atoms with Crippen molar-refractivity contribution in [2.75, 3.05) is 0 Å². The summed E-state index contributed by atoms with van der Waals surface area (Å²) in [6, 6.07) is 0. The predicted molar refractivity (Wildman–Crippen MR) is 41.8 cm³/mol. The molecule has 0 aromatic carbocycles. The molecule has 0 aliphatic carbocycles. The summed E-state index contributed by atoms with van der Waals surface area (Å²) in [4.78, 5) is 0. The van der Waals surface area contributed by atoms with Crippen LogP contribution in [0.1, 0.15) is 19.8 Å². The smallest absolute Gasteiger partial charge is 0.113 e. The third kappa shape index (κ3) is 4.15. The molecular formula is C8H14O2. The van der Waals surface area contributed by atoms with Gasteiger partial charge in [-0.05, 0) is 18.6 Å². The Hall–Kier alpha value is -0.760. The zero-order valence-corrected chi connectivity index (χ0v) is 6.25. The third-order valence-electron chi connectivity index (χ3n) is 1.16. The Balaban J connectivity index is 3.73. The second kappa shape index (κ2) is 5.06. The van der Waals surface area contributed by atoms with Gasteiger partial charge in [0.15, 0.2) is 0 Å². The lowest BCUT2D eigenvalue weighted by Gasteiger charge is -2.01. The Kier molecular flexibility index (Phi) is 4.67. The van der Waals surface area contributed by atoms with Crippen LogP contribution in [0.3, 0.4) is 0 Å². The van der Waals surface area contributed by atoms with Crippen LogP contribution in [0.4, 0.5) is 0 Å². The number of hydrogen-bond acceptors (Lipinski definition) is 2. The molecule has 0 saturated carbocycles. The summed E-state index contributed by atoms with van der Waals surface area (Å²) in [6.45, 7) is 5.32. The van der Waals surface area contributed by atoms with Crippen molar-refractivity contribution in [2.24, 2.45) is 0 Å². The van der Waals surface area contributed by atoms with Crippen LogP contribution in [0.25, 0.3) is 0 Å². The van der Waals surface area contributed by atoms with E-state index < -0.39 is 6.10 Å². The van der Waals surface area contributed by atoms with Crippen molar-refractivity contribution < 1.29 is 10.2 Å². The first-order valence-corrected chi connectivity index (χ1v) is 3.42. The first kappa shape index (κ1) is 9.24. The molecule has 0 aromatic heterocycles. The van der Waals surface area contributed by atoms with Crippen LogP contribution in [0.5, 0.6) is 0 Å². The standard InChI is InChI=1S/C8H14O2/c1-3-5-8(10)6-7(9)4-2/h4,6,8-10H,2-3,5H2,1H3. The summed E-state index contributed by atoms with van der Waals surface area (Å²) < 4.78 is 0. The summed E-state index contributed by atoms with van der Waals surface area (Å²) in [5, 5.41) is 17.9. The van der Waals surface area contributed by atoms with Crippen molar-refractivity contribution in [3.8, 4) is 0 Å². The molecule has 10 heavy (non-hydrogen) atoms. The van der Waals surface area contributed by atoms with E-state index >= 15 is 0 Å². The topological polar surface area (TPSA) is 40.5 Å². The third-order valence-corrected chi connectivity index (χ3v) is 1.16. The molecule has 0 aliphatic heterocycles. The lowest BCUT2D eigenvalue weighted by molar-refractivity contribution is 0.206. The summed E-state index contributed by atoms with van der Waals surface area (Å²) in [6.07, 6.45) is 3.73. The van der Waals surface area contributed by atoms with E-state index in [0.717, 1.165) is 6.42 Å². The van der Waals surface area contributed by atoms with E-state index in [2.05, 4.69) is 6.58 Å². The van der Waals surface area contributed by atoms with E-state index in [-0.39, 0.29) is 5.76 Å². The second-order valence-corrected chi connectivity index (χ2v) is 2.15. The van der Waals surface area contributed by atoms with Gasteiger partial charge in [-0.3, -0.25) is 0 Å². The van der Waals surface area contributed by atoms with Gasteiger partial charge in [-0.2, -0.15) is 0 Å². The molecule has 58 valence electrons. The molecule has 0 fully saturated rings. The number of allylic oxidation sites excluding steroid dienone is 1. The van der Waals surface area contributed by atoms with Crippen LogP contribution in [-0.2, 0) is 0 Å². The molecule has 2 nitrogen and oxygen atoms in total. The fourth-order valence-electron chi connectivity index (χ4n) is 0.644. The Morgan fingerprint density at radius 2 is 2.30 bits per heavy atom. The Morgan fingerprint density at radius 1 is 1.70 bits per heavy atom. The maximum Gasteiger partial charge on any atom is 0.113 e. The zero-order valence-electron chi connectivity index (χ0n) is 6.25. The zero-order chi connectivity index (χ0) is 7.98. The van der Waals surface area contributed by atoms with Crippen molar-refractivity contribution in [1.82, 2.24) is 0 Å². The molecule has 0 heterocycles. The maximum absolute atomic E-state index is 9.07. The lowest BCUT2D eigenvalue weighted by atomic mass is 10.2. The van der Waals surface area contributed by atoms with Crippen LogP contribution in [0.15, 0.2) is 24.5 Å². The summed E-state index contributed by atoms with van der Waals surface area (Å²) in [7, 11) is 0. The summed E-state index contributed by atoms with van der Waals surface area (Å²) in [5.74, 6) is 0.0425. The molecule has 0 saturated heterocycles. The number of rotatable bonds is 4. The van der Waals surface area contributed by atoms with Crippen molar-refractivity contribution in [1.29, 1.82) is 0 Å². The van der Waals surface area contributed by atoms with Gasteiger partial charge in [0.2, 0.25) is 0 Å². The van der Waals surface area contributed by atoms with Gasteiger partial charge in [0.05, 0.1) is 6.10 Å². The lowest BCUT2D eigenvalue weighted by Crippen LogP contribution is -2.01. The minimum atomic E-state index is -0.539. The summed E-state index contributed by atoms with van der Waals surface area (Å²) >= 11 is 0. The predicted octanol–water partition coefficient (Wildman–Crippen LogP) is 1.78. The van der Waals surface area contributed by atoms with E-state index in [4.69, 9.17) is 10.2 Å². The molecule has 1 unspecified atom stereocenters. The molecule has 0 aromatic rings. The largest absolute Gasteiger partial charge is 0.508 e. The quantitative estimate of drug-likeness (QED) is 0.464. The average Bonchev–Trinajstić information content (AvgIpc) is 1.88. The molecule has 0 rings (SSSR count). The minimum Gasteiger partial charge on any atom is -0.508 e. The molecule has 0 radical (unpaired) electrons. The summed E-state index contributed by atoms with van der Waals surface area (Å²) in [5.41, 5.74) is 0. The Bertz CT molecular complexity index is 127. The first-order valence-electron chi connectivity index (χ1n) is 3.42. The van der Waals surface area contributed by atoms with E-state index in [1.54, 1.807) is 0 Å². The molecular weight excluding hydrogens is 128 g/mol. The minimum absolute atomic E-state index is 0.0425. The van der Waals surface area contributed by atoms with Crippen molar-refractivity contribution in [3.63, 3.8) is 0 Å². The normalized spacial score (nSPS) is 14.8. The van der Waals surface area contributed by atoms with Gasteiger partial charge in [0, 0.05) is 0 Å². The van der Waals surface area contributed by atoms with Crippen LogP contribution in [0, 0.1) is 0 Å². The average molecular weight is 142 g/mol. The van der Waals surface area contributed by atoms with Crippen LogP contribution in [-0.4, -0.2) is 16.3 Å². The molecule has 0 aliphatic rings. The van der Waals surface area contributed by atoms with Gasteiger partial charge >= 0.3 is 0 Å². The highest BCUT2D eigenvalue weighted by molar-refractivity contribution is 5.08. The first-order chi connectivity index (χ1) is 4.70. The van der Waals surface area contributed by atoms with Gasteiger partial charge in [0.1, 0.15) is 5.76 Å². The van der Waals surface area contributed by atoms with E-state index in [9.17, 15) is 0 Å². The van der Waals surface area contributed by atoms with E-state index in [0.29, 0.717) is 6.42 Å². The van der Waals surface area contributed by atoms with Gasteiger partial charge in [-0.25, -0.2) is 0 Å². The molecule has 0 amide bonds. The highest BCUT2D eigenvalue weighted by Crippen LogP contribution is 2.00. The monoisotopic (exact) mass is 142 g/mol. The van der Waals surface area contributed by atoms with Crippen molar-refractivity contribution in [3.05, 3.63) is 24.5 Å². The van der Waals surface area contributed by atoms with Crippen molar-refractivity contribution in [2.45, 2.75) is 25.9 Å². The van der Waals surface area contributed by atoms with Gasteiger partial charge < -0.3 is 10.2 Å². The highest BCUT2D eigenvalue weighted by atomic mass is 16.3. The Labute approximate surface area is 61.5 Å².